The van der Waals surface area contributed by atoms with Crippen molar-refractivity contribution in [1.82, 2.24) is 24.8 Å². The van der Waals surface area contributed by atoms with Crippen molar-refractivity contribution in [3.63, 3.8) is 0 Å². The lowest BCUT2D eigenvalue weighted by Crippen LogP contribution is -2.35. The SMILES string of the molecule is O=C(NC1CCOC1)c1cccc(S(=O)(=O)NCCCn2cncn2)c1. The van der Waals surface area contributed by atoms with Gasteiger partial charge in [0.1, 0.15) is 12.7 Å². The molecule has 2 N–H and O–H groups in total. The van der Waals surface area contributed by atoms with E-state index in [2.05, 4.69) is 20.1 Å². The van der Waals surface area contributed by atoms with Crippen molar-refractivity contribution in [2.45, 2.75) is 30.3 Å². The first-order valence-electron chi connectivity index (χ1n) is 8.35. The third-order valence-electron chi connectivity index (χ3n) is 3.99. The van der Waals surface area contributed by atoms with Gasteiger partial charge in [-0.05, 0) is 31.0 Å². The Bertz CT molecular complexity index is 832. The van der Waals surface area contributed by atoms with Gasteiger partial charge in [-0.25, -0.2) is 18.1 Å². The van der Waals surface area contributed by atoms with Gasteiger partial charge in [0, 0.05) is 25.3 Å². The highest BCUT2D eigenvalue weighted by atomic mass is 32.2. The van der Waals surface area contributed by atoms with Crippen LogP contribution >= 0.6 is 0 Å². The van der Waals surface area contributed by atoms with Crippen LogP contribution < -0.4 is 10.0 Å². The van der Waals surface area contributed by atoms with Crippen molar-refractivity contribution in [2.24, 2.45) is 0 Å². The van der Waals surface area contributed by atoms with Crippen molar-refractivity contribution >= 4 is 15.9 Å². The van der Waals surface area contributed by atoms with Crippen LogP contribution in [0.5, 0.6) is 0 Å². The fraction of sp³-hybridized carbons (Fsp3) is 0.438. The molecule has 1 unspecified atom stereocenters. The van der Waals surface area contributed by atoms with E-state index in [9.17, 15) is 13.2 Å². The predicted molar refractivity (Wildman–Crippen MR) is 93.0 cm³/mol. The molecule has 1 saturated heterocycles. The van der Waals surface area contributed by atoms with Crippen molar-refractivity contribution in [1.29, 1.82) is 0 Å². The second-order valence-corrected chi connectivity index (χ2v) is 7.74. The maximum atomic E-state index is 12.4. The first kappa shape index (κ1) is 18.5. The summed E-state index contributed by atoms with van der Waals surface area (Å²) in [6.45, 7) is 1.93. The molecule has 1 amide bonds. The van der Waals surface area contributed by atoms with Crippen LogP contribution in [0, 0.1) is 0 Å². The number of carbonyl (C=O) groups excluding carboxylic acids is 1. The fourth-order valence-electron chi connectivity index (χ4n) is 2.60. The number of aryl methyl sites for hydroxylation is 1. The van der Waals surface area contributed by atoms with Crippen molar-refractivity contribution < 1.29 is 17.9 Å². The van der Waals surface area contributed by atoms with E-state index in [1.807, 2.05) is 0 Å². The van der Waals surface area contributed by atoms with Gasteiger partial charge >= 0.3 is 0 Å². The smallest absolute Gasteiger partial charge is 0.251 e. The van der Waals surface area contributed by atoms with E-state index in [0.717, 1.165) is 6.42 Å². The number of sulfonamides is 1. The molecule has 1 aromatic carbocycles. The summed E-state index contributed by atoms with van der Waals surface area (Å²) in [4.78, 5) is 16.2. The van der Waals surface area contributed by atoms with Crippen LogP contribution in [0.2, 0.25) is 0 Å². The molecule has 0 bridgehead atoms. The summed E-state index contributed by atoms with van der Waals surface area (Å²) < 4.78 is 34.2. The summed E-state index contributed by atoms with van der Waals surface area (Å²) in [6.07, 6.45) is 4.34. The topological polar surface area (TPSA) is 115 Å². The zero-order chi connectivity index (χ0) is 18.4. The zero-order valence-electron chi connectivity index (χ0n) is 14.2. The Labute approximate surface area is 151 Å². The Kier molecular flexibility index (Phi) is 5.96. The third-order valence-corrected chi connectivity index (χ3v) is 5.45. The second kappa shape index (κ2) is 8.39. The van der Waals surface area contributed by atoms with Crippen LogP contribution in [-0.4, -0.2) is 54.9 Å². The van der Waals surface area contributed by atoms with Crippen LogP contribution in [-0.2, 0) is 21.3 Å². The molecule has 0 radical (unpaired) electrons. The molecular weight excluding hydrogens is 358 g/mol. The van der Waals surface area contributed by atoms with Gasteiger partial charge in [-0.3, -0.25) is 9.48 Å². The minimum atomic E-state index is -3.68. The number of hydrogen-bond donors (Lipinski definition) is 2. The molecule has 0 spiro atoms. The van der Waals surface area contributed by atoms with E-state index in [1.165, 1.54) is 18.5 Å². The number of amides is 1. The average Bonchev–Trinajstić information content (AvgIpc) is 3.33. The number of nitrogens with one attached hydrogen (secondary N) is 2. The molecule has 0 saturated carbocycles. The number of benzene rings is 1. The molecule has 140 valence electrons. The Morgan fingerprint density at radius 2 is 2.27 bits per heavy atom. The van der Waals surface area contributed by atoms with Gasteiger partial charge < -0.3 is 10.1 Å². The van der Waals surface area contributed by atoms with Crippen LogP contribution in [0.4, 0.5) is 0 Å². The van der Waals surface area contributed by atoms with Crippen LogP contribution in [0.25, 0.3) is 0 Å². The minimum Gasteiger partial charge on any atom is -0.379 e. The molecule has 2 heterocycles. The number of ether oxygens (including phenoxy) is 1. The summed E-state index contributed by atoms with van der Waals surface area (Å²) in [5.41, 5.74) is 0.308. The van der Waals surface area contributed by atoms with E-state index in [1.54, 1.807) is 23.1 Å². The Balaban J connectivity index is 1.57. The van der Waals surface area contributed by atoms with Crippen molar-refractivity contribution in [3.8, 4) is 0 Å². The van der Waals surface area contributed by atoms with Gasteiger partial charge in [-0.1, -0.05) is 6.07 Å². The maximum Gasteiger partial charge on any atom is 0.251 e. The maximum absolute atomic E-state index is 12.4. The highest BCUT2D eigenvalue weighted by molar-refractivity contribution is 7.89. The predicted octanol–water partition coefficient (Wildman–Crippen LogP) is 0.165. The van der Waals surface area contributed by atoms with Crippen molar-refractivity contribution in [3.05, 3.63) is 42.5 Å². The zero-order valence-corrected chi connectivity index (χ0v) is 15.0. The van der Waals surface area contributed by atoms with E-state index in [-0.39, 0.29) is 23.4 Å². The number of nitrogens with zero attached hydrogens (tertiary/aromatic N) is 3. The molecule has 9 nitrogen and oxygen atoms in total. The van der Waals surface area contributed by atoms with Gasteiger partial charge in [0.05, 0.1) is 17.5 Å². The number of aromatic nitrogens is 3. The highest BCUT2D eigenvalue weighted by Gasteiger charge is 2.20. The molecule has 1 aromatic heterocycles. The average molecular weight is 379 g/mol. The lowest BCUT2D eigenvalue weighted by Gasteiger charge is -2.12. The summed E-state index contributed by atoms with van der Waals surface area (Å²) in [5.74, 6) is -0.302. The van der Waals surface area contributed by atoms with Crippen molar-refractivity contribution in [2.75, 3.05) is 19.8 Å². The number of hydrogen-bond acceptors (Lipinski definition) is 6. The van der Waals surface area contributed by atoms with E-state index >= 15 is 0 Å². The molecule has 10 heteroatoms. The summed E-state index contributed by atoms with van der Waals surface area (Å²) >= 11 is 0. The van der Waals surface area contributed by atoms with Crippen LogP contribution in [0.15, 0.2) is 41.8 Å². The molecule has 1 atom stereocenters. The van der Waals surface area contributed by atoms with Gasteiger partial charge in [0.15, 0.2) is 0 Å². The number of rotatable bonds is 8. The van der Waals surface area contributed by atoms with E-state index in [4.69, 9.17) is 4.74 Å². The van der Waals surface area contributed by atoms with Gasteiger partial charge in [0.2, 0.25) is 10.0 Å². The molecule has 2 aromatic rings. The summed E-state index contributed by atoms with van der Waals surface area (Å²) in [7, 11) is -3.68. The first-order chi connectivity index (χ1) is 12.5. The highest BCUT2D eigenvalue weighted by Crippen LogP contribution is 2.13. The third kappa shape index (κ3) is 4.87. The Morgan fingerprint density at radius 3 is 3.00 bits per heavy atom. The molecule has 1 aliphatic rings. The lowest BCUT2D eigenvalue weighted by atomic mass is 10.2. The lowest BCUT2D eigenvalue weighted by molar-refractivity contribution is 0.0929. The standard InChI is InChI=1S/C16H21N5O4S/c22-16(20-14-5-8-25-10-14)13-3-1-4-15(9-13)26(23,24)19-6-2-7-21-12-17-11-18-21/h1,3-4,9,11-12,14,19H,2,5-8,10H2,(H,20,22). The minimum absolute atomic E-state index is 0.0299. The molecule has 1 fully saturated rings. The molecule has 26 heavy (non-hydrogen) atoms. The number of carbonyl (C=O) groups is 1. The second-order valence-electron chi connectivity index (χ2n) is 5.97. The van der Waals surface area contributed by atoms with Gasteiger partial charge in [0.25, 0.3) is 5.91 Å². The molecule has 1 aliphatic heterocycles. The van der Waals surface area contributed by atoms with E-state index < -0.39 is 10.0 Å². The van der Waals surface area contributed by atoms with Crippen LogP contribution in [0.1, 0.15) is 23.2 Å². The summed E-state index contributed by atoms with van der Waals surface area (Å²) in [5, 5.41) is 6.80. The fourth-order valence-corrected chi connectivity index (χ4v) is 3.72. The monoisotopic (exact) mass is 379 g/mol. The molecule has 0 aliphatic carbocycles. The molecular formula is C16H21N5O4S. The largest absolute Gasteiger partial charge is 0.379 e. The van der Waals surface area contributed by atoms with Gasteiger partial charge in [-0.15, -0.1) is 0 Å². The molecule has 3 rings (SSSR count). The van der Waals surface area contributed by atoms with Gasteiger partial charge in [-0.2, -0.15) is 5.10 Å². The summed E-state index contributed by atoms with van der Waals surface area (Å²) in [6, 6.07) is 5.97. The van der Waals surface area contributed by atoms with E-state index in [0.29, 0.717) is 31.7 Å². The normalized spacial score (nSPS) is 17.3. The Morgan fingerprint density at radius 1 is 1.38 bits per heavy atom. The van der Waals surface area contributed by atoms with Crippen LogP contribution in [0.3, 0.4) is 0 Å². The Hall–Kier alpha value is -2.30. The first-order valence-corrected chi connectivity index (χ1v) is 9.84. The quantitative estimate of drug-likeness (QED) is 0.632.